The van der Waals surface area contributed by atoms with Crippen LogP contribution in [0.3, 0.4) is 0 Å². The number of amides is 3. The van der Waals surface area contributed by atoms with Crippen molar-refractivity contribution in [1.82, 2.24) is 4.98 Å². The number of nitrogens with one attached hydrogen (secondary N) is 2. The van der Waals surface area contributed by atoms with Crippen molar-refractivity contribution in [3.63, 3.8) is 0 Å². The number of hydrogen-bond acceptors (Lipinski definition) is 9. The Balaban J connectivity index is 1.20. The van der Waals surface area contributed by atoms with Crippen LogP contribution in [0.5, 0.6) is 5.75 Å². The molecule has 0 bridgehead atoms. The van der Waals surface area contributed by atoms with Crippen molar-refractivity contribution in [3.05, 3.63) is 98.5 Å². The number of anilines is 2. The van der Waals surface area contributed by atoms with Gasteiger partial charge in [0.15, 0.2) is 6.61 Å². The van der Waals surface area contributed by atoms with Crippen molar-refractivity contribution in [2.24, 2.45) is 11.1 Å². The lowest BCUT2D eigenvalue weighted by Crippen LogP contribution is -2.32. The number of carbonyl (C=O) groups excluding carboxylic acids is 3. The summed E-state index contributed by atoms with van der Waals surface area (Å²) in [5.41, 5.74) is 2.61. The molecule has 1 fully saturated rings. The number of aromatic nitrogens is 1. The number of hydrogen-bond donors (Lipinski definition) is 3. The third kappa shape index (κ3) is 5.61. The number of carbonyl (C=O) groups is 3. The summed E-state index contributed by atoms with van der Waals surface area (Å²) in [6.45, 7) is 1.61. The van der Waals surface area contributed by atoms with Crippen LogP contribution in [0.4, 0.5) is 11.4 Å². The molecule has 43 heavy (non-hydrogen) atoms. The van der Waals surface area contributed by atoms with E-state index >= 15 is 0 Å². The number of aromatic amines is 1. The van der Waals surface area contributed by atoms with Gasteiger partial charge in [-0.1, -0.05) is 52.9 Å². The number of ether oxygens (including phenoxy) is 1. The summed E-state index contributed by atoms with van der Waals surface area (Å²) < 4.78 is 28.4. The number of thioether (sulfide) groups is 1. The number of rotatable bonds is 7. The summed E-state index contributed by atoms with van der Waals surface area (Å²) in [5.74, 6) is -1.96. The van der Waals surface area contributed by atoms with Crippen molar-refractivity contribution >= 4 is 62.2 Å². The van der Waals surface area contributed by atoms with Gasteiger partial charge in [-0.25, -0.2) is 18.5 Å². The van der Waals surface area contributed by atoms with E-state index in [4.69, 9.17) is 9.88 Å². The van der Waals surface area contributed by atoms with Crippen LogP contribution in [-0.4, -0.2) is 43.0 Å². The second-order valence-corrected chi connectivity index (χ2v) is 13.8. The quantitative estimate of drug-likeness (QED) is 0.260. The van der Waals surface area contributed by atoms with E-state index in [0.29, 0.717) is 27.0 Å². The number of aryl methyl sites for hydroxylation is 1. The normalized spacial score (nSPS) is 19.6. The molecule has 0 spiro atoms. The molecule has 220 valence electrons. The van der Waals surface area contributed by atoms with Gasteiger partial charge in [-0.15, -0.1) is 0 Å². The molecule has 14 heteroatoms. The van der Waals surface area contributed by atoms with Gasteiger partial charge in [-0.05, 0) is 61.0 Å². The van der Waals surface area contributed by atoms with Gasteiger partial charge in [0.25, 0.3) is 5.91 Å². The third-order valence-electron chi connectivity index (χ3n) is 7.19. The number of thiazole rings is 1. The molecule has 11 nitrogen and oxygen atoms in total. The number of H-pyrrole nitrogens is 1. The molecule has 6 rings (SSSR count). The molecular formula is C29H24N4O7S3. The van der Waals surface area contributed by atoms with Crippen LogP contribution in [0.25, 0.3) is 0 Å². The second kappa shape index (κ2) is 11.1. The van der Waals surface area contributed by atoms with Gasteiger partial charge in [0.2, 0.25) is 21.8 Å². The first-order chi connectivity index (χ1) is 20.5. The molecule has 1 aromatic heterocycles. The average molecular weight is 637 g/mol. The molecule has 2 aliphatic heterocycles. The van der Waals surface area contributed by atoms with Crippen LogP contribution in [-0.2, 0) is 24.4 Å². The van der Waals surface area contributed by atoms with Gasteiger partial charge in [-0.3, -0.25) is 19.2 Å². The molecule has 0 unspecified atom stereocenters. The number of nitrogens with two attached hydrogens (primary N) is 1. The fraction of sp³-hybridized carbons (Fsp3) is 0.172. The summed E-state index contributed by atoms with van der Waals surface area (Å²) in [6.07, 6.45) is 0. The average Bonchev–Trinajstić information content (AvgIpc) is 3.46. The molecule has 3 amide bonds. The zero-order chi connectivity index (χ0) is 30.5. The molecule has 3 heterocycles. The lowest BCUT2D eigenvalue weighted by Gasteiger charge is -2.29. The van der Waals surface area contributed by atoms with Crippen molar-refractivity contribution < 1.29 is 27.5 Å². The van der Waals surface area contributed by atoms with Crippen LogP contribution in [0.1, 0.15) is 21.9 Å². The maximum Gasteiger partial charge on any atom is 0.305 e. The standard InChI is InChI=1S/C29H24N4O7S3/c1-15-2-8-18(9-3-15)33-27(35)23-22(24-26(32-29(37)42-24)41-25(23)28(33)36)16-4-10-19(11-5-16)40-14-21(34)31-17-6-12-20(13-7-17)43(30,38)39/h2-13,22-23,25H,14H2,1H3,(H,31,34)(H,32,37)(H2,30,38,39)/t22-,23-,25+/m0/s1. The molecular weight excluding hydrogens is 613 g/mol. The highest BCUT2D eigenvalue weighted by Crippen LogP contribution is 2.53. The second-order valence-electron chi connectivity index (χ2n) is 10.1. The maximum absolute atomic E-state index is 13.8. The molecule has 0 radical (unpaired) electrons. The van der Waals surface area contributed by atoms with Gasteiger partial charge >= 0.3 is 4.87 Å². The molecule has 4 N–H and O–H groups in total. The van der Waals surface area contributed by atoms with Crippen LogP contribution >= 0.6 is 23.1 Å². The number of benzene rings is 3. The fourth-order valence-electron chi connectivity index (χ4n) is 5.17. The van der Waals surface area contributed by atoms with Gasteiger partial charge in [-0.2, -0.15) is 0 Å². The summed E-state index contributed by atoms with van der Waals surface area (Å²) in [4.78, 5) is 56.5. The van der Waals surface area contributed by atoms with Crippen LogP contribution in [0, 0.1) is 12.8 Å². The zero-order valence-corrected chi connectivity index (χ0v) is 24.9. The molecule has 1 saturated heterocycles. The van der Waals surface area contributed by atoms with E-state index < -0.39 is 33.0 Å². The Labute approximate surface area is 254 Å². The fourth-order valence-corrected chi connectivity index (χ4v) is 8.20. The number of nitrogens with zero attached hydrogens (tertiary/aromatic N) is 1. The molecule has 0 saturated carbocycles. The highest BCUT2D eigenvalue weighted by atomic mass is 32.2. The predicted octanol–water partition coefficient (Wildman–Crippen LogP) is 3.21. The largest absolute Gasteiger partial charge is 0.484 e. The highest BCUT2D eigenvalue weighted by molar-refractivity contribution is 8.00. The summed E-state index contributed by atoms with van der Waals surface area (Å²) in [7, 11) is -3.84. The third-order valence-corrected chi connectivity index (χ3v) is 10.5. The van der Waals surface area contributed by atoms with E-state index in [2.05, 4.69) is 10.3 Å². The Hall–Kier alpha value is -4.24. The predicted molar refractivity (Wildman–Crippen MR) is 162 cm³/mol. The Kier molecular flexibility index (Phi) is 7.46. The lowest BCUT2D eigenvalue weighted by atomic mass is 9.83. The Bertz CT molecular complexity index is 1900. The molecule has 0 aliphatic carbocycles. The minimum absolute atomic E-state index is 0.0738. The Morgan fingerprint density at radius 2 is 1.65 bits per heavy atom. The SMILES string of the molecule is Cc1ccc(N2C(=O)[C@H]3[C@H](c4ccc(OCC(=O)Nc5ccc(S(N)(=O)=O)cc5)cc4)c4sc(=O)[nH]c4S[C@H]3C2=O)cc1. The first-order valence-electron chi connectivity index (χ1n) is 13.0. The first-order valence-corrected chi connectivity index (χ1v) is 16.2. The van der Waals surface area contributed by atoms with Crippen LogP contribution in [0.2, 0.25) is 0 Å². The van der Waals surface area contributed by atoms with Gasteiger partial charge in [0.1, 0.15) is 11.0 Å². The topological polar surface area (TPSA) is 169 Å². The van der Waals surface area contributed by atoms with E-state index in [-0.39, 0.29) is 28.2 Å². The summed E-state index contributed by atoms with van der Waals surface area (Å²) >= 11 is 2.24. The van der Waals surface area contributed by atoms with Crippen LogP contribution < -0.4 is 25.0 Å². The smallest absolute Gasteiger partial charge is 0.305 e. The van der Waals surface area contributed by atoms with Crippen molar-refractivity contribution in [2.75, 3.05) is 16.8 Å². The van der Waals surface area contributed by atoms with E-state index in [9.17, 15) is 27.6 Å². The van der Waals surface area contributed by atoms with E-state index in [1.807, 2.05) is 19.1 Å². The van der Waals surface area contributed by atoms with Crippen molar-refractivity contribution in [2.45, 2.75) is 28.0 Å². The minimum Gasteiger partial charge on any atom is -0.484 e. The number of imide groups is 1. The molecule has 3 atom stereocenters. The van der Waals surface area contributed by atoms with Crippen LogP contribution in [0.15, 0.2) is 87.5 Å². The molecule has 4 aromatic rings. The monoisotopic (exact) mass is 636 g/mol. The Morgan fingerprint density at radius 3 is 2.30 bits per heavy atom. The van der Waals surface area contributed by atoms with Crippen molar-refractivity contribution in [1.29, 1.82) is 0 Å². The molecule has 2 aliphatic rings. The highest BCUT2D eigenvalue weighted by Gasteiger charge is 2.56. The van der Waals surface area contributed by atoms with E-state index in [1.54, 1.807) is 36.4 Å². The van der Waals surface area contributed by atoms with Gasteiger partial charge in [0.05, 0.1) is 21.5 Å². The van der Waals surface area contributed by atoms with Gasteiger partial charge < -0.3 is 15.0 Å². The van der Waals surface area contributed by atoms with Gasteiger partial charge in [0, 0.05) is 16.5 Å². The number of sulfonamides is 1. The van der Waals surface area contributed by atoms with E-state index in [0.717, 1.165) is 22.5 Å². The maximum atomic E-state index is 13.8. The van der Waals surface area contributed by atoms with E-state index in [1.165, 1.54) is 40.9 Å². The Morgan fingerprint density at radius 1 is 0.977 bits per heavy atom. The number of primary sulfonamides is 1. The lowest BCUT2D eigenvalue weighted by molar-refractivity contribution is -0.122. The zero-order valence-electron chi connectivity index (χ0n) is 22.5. The summed E-state index contributed by atoms with van der Waals surface area (Å²) in [6, 6.07) is 19.4. The van der Waals surface area contributed by atoms with Crippen molar-refractivity contribution in [3.8, 4) is 5.75 Å². The summed E-state index contributed by atoms with van der Waals surface area (Å²) in [5, 5.41) is 7.59. The first kappa shape index (κ1) is 28.9. The minimum atomic E-state index is -3.84. The number of fused-ring (bicyclic) bond motifs is 2. The molecule has 3 aromatic carbocycles.